The van der Waals surface area contributed by atoms with Crippen molar-refractivity contribution >= 4 is 30.4 Å². The van der Waals surface area contributed by atoms with Gasteiger partial charge in [0.1, 0.15) is 6.10 Å². The summed E-state index contributed by atoms with van der Waals surface area (Å²) in [5.74, 6) is 0. The summed E-state index contributed by atoms with van der Waals surface area (Å²) in [7, 11) is -3.35. The SMILES string of the molecule is CCOP(=O)(OCC)O[C@H]1CCC=C1I. The lowest BCUT2D eigenvalue weighted by atomic mass is 10.3. The summed E-state index contributed by atoms with van der Waals surface area (Å²) in [6.07, 6.45) is 3.76. The van der Waals surface area contributed by atoms with Crippen LogP contribution in [0.25, 0.3) is 0 Å². The lowest BCUT2D eigenvalue weighted by molar-refractivity contribution is 0.100. The highest BCUT2D eigenvalue weighted by Gasteiger charge is 2.32. The predicted octanol–water partition coefficient (Wildman–Crippen LogP) is 3.67. The molecule has 4 nitrogen and oxygen atoms in total. The molecule has 0 spiro atoms. The fourth-order valence-electron chi connectivity index (χ4n) is 1.32. The van der Waals surface area contributed by atoms with E-state index in [4.69, 9.17) is 13.6 Å². The van der Waals surface area contributed by atoms with Crippen LogP contribution >= 0.6 is 30.4 Å². The quantitative estimate of drug-likeness (QED) is 0.544. The van der Waals surface area contributed by atoms with Crippen LogP contribution in [0.5, 0.6) is 0 Å². The van der Waals surface area contributed by atoms with Gasteiger partial charge in [-0.05, 0) is 49.3 Å². The van der Waals surface area contributed by atoms with Crippen molar-refractivity contribution in [3.63, 3.8) is 0 Å². The second-order valence-electron chi connectivity index (χ2n) is 3.04. The van der Waals surface area contributed by atoms with E-state index >= 15 is 0 Å². The number of hydrogen-bond acceptors (Lipinski definition) is 4. The van der Waals surface area contributed by atoms with Crippen LogP contribution in [0, 0.1) is 0 Å². The van der Waals surface area contributed by atoms with E-state index in [-0.39, 0.29) is 6.10 Å². The molecule has 0 saturated carbocycles. The molecule has 1 aliphatic carbocycles. The molecule has 0 heterocycles. The Balaban J connectivity index is 2.58. The zero-order valence-electron chi connectivity index (χ0n) is 8.94. The van der Waals surface area contributed by atoms with Gasteiger partial charge >= 0.3 is 7.82 Å². The molecule has 0 aliphatic heterocycles. The van der Waals surface area contributed by atoms with Crippen molar-refractivity contribution in [2.45, 2.75) is 32.8 Å². The van der Waals surface area contributed by atoms with E-state index < -0.39 is 7.82 Å². The van der Waals surface area contributed by atoms with Gasteiger partial charge in [-0.3, -0.25) is 13.6 Å². The normalized spacial score (nSPS) is 21.8. The van der Waals surface area contributed by atoms with Crippen LogP contribution in [0.3, 0.4) is 0 Å². The summed E-state index contributed by atoms with van der Waals surface area (Å²) in [6, 6.07) is 0. The molecule has 0 N–H and O–H groups in total. The first-order valence-corrected chi connectivity index (χ1v) is 7.58. The standard InChI is InChI=1S/C9H16IO4P/c1-3-12-15(11,13-4-2)14-9-7-5-6-8(9)10/h6,9H,3-5,7H2,1-2H3/t9-/m0/s1. The third kappa shape index (κ3) is 4.15. The molecule has 88 valence electrons. The molecule has 0 fully saturated rings. The Morgan fingerprint density at radius 3 is 2.47 bits per heavy atom. The molecule has 0 aromatic rings. The molecule has 6 heteroatoms. The van der Waals surface area contributed by atoms with Crippen molar-refractivity contribution < 1.29 is 18.1 Å². The fourth-order valence-corrected chi connectivity index (χ4v) is 3.63. The summed E-state index contributed by atoms with van der Waals surface area (Å²) in [6.45, 7) is 4.18. The minimum Gasteiger partial charge on any atom is -0.287 e. The maximum absolute atomic E-state index is 12.0. The molecular formula is C9H16IO4P. The minimum atomic E-state index is -3.35. The molecule has 1 atom stereocenters. The van der Waals surface area contributed by atoms with Crippen LogP contribution in [0.2, 0.25) is 0 Å². The molecule has 0 bridgehead atoms. The van der Waals surface area contributed by atoms with Crippen molar-refractivity contribution in [1.82, 2.24) is 0 Å². The highest BCUT2D eigenvalue weighted by Crippen LogP contribution is 2.52. The van der Waals surface area contributed by atoms with Gasteiger partial charge in [-0.1, -0.05) is 6.08 Å². The molecule has 0 aromatic carbocycles. The Hall–Kier alpha value is 0.580. The molecule has 0 radical (unpaired) electrons. The zero-order chi connectivity index (χ0) is 11.3. The van der Waals surface area contributed by atoms with Crippen molar-refractivity contribution in [3.8, 4) is 0 Å². The Morgan fingerprint density at radius 2 is 2.07 bits per heavy atom. The highest BCUT2D eigenvalue weighted by molar-refractivity contribution is 14.1. The zero-order valence-corrected chi connectivity index (χ0v) is 12.0. The smallest absolute Gasteiger partial charge is 0.287 e. The molecule has 15 heavy (non-hydrogen) atoms. The molecule has 0 unspecified atom stereocenters. The topological polar surface area (TPSA) is 44.8 Å². The average molecular weight is 346 g/mol. The molecule has 0 aromatic heterocycles. The Labute approximate surface area is 104 Å². The van der Waals surface area contributed by atoms with Gasteiger partial charge in [0.2, 0.25) is 0 Å². The van der Waals surface area contributed by atoms with Crippen LogP contribution in [-0.4, -0.2) is 19.3 Å². The first kappa shape index (κ1) is 13.6. The van der Waals surface area contributed by atoms with Gasteiger partial charge in [0, 0.05) is 3.58 Å². The lowest BCUT2D eigenvalue weighted by Crippen LogP contribution is -2.10. The fraction of sp³-hybridized carbons (Fsp3) is 0.778. The second kappa shape index (κ2) is 6.35. The van der Waals surface area contributed by atoms with Crippen molar-refractivity contribution in [3.05, 3.63) is 9.66 Å². The summed E-state index contributed by atoms with van der Waals surface area (Å²) in [4.78, 5) is 0. The van der Waals surface area contributed by atoms with Crippen LogP contribution in [0.1, 0.15) is 26.7 Å². The number of phosphoric ester groups is 1. The van der Waals surface area contributed by atoms with E-state index in [0.717, 1.165) is 16.4 Å². The van der Waals surface area contributed by atoms with Gasteiger partial charge < -0.3 is 0 Å². The van der Waals surface area contributed by atoms with E-state index in [1.165, 1.54) is 0 Å². The van der Waals surface area contributed by atoms with Crippen LogP contribution in [0.15, 0.2) is 9.66 Å². The molecule has 0 amide bonds. The molecule has 1 rings (SSSR count). The maximum Gasteiger partial charge on any atom is 0.475 e. The Morgan fingerprint density at radius 1 is 1.47 bits per heavy atom. The van der Waals surface area contributed by atoms with Gasteiger partial charge in [0.25, 0.3) is 0 Å². The van der Waals surface area contributed by atoms with Gasteiger partial charge in [-0.2, -0.15) is 0 Å². The van der Waals surface area contributed by atoms with Crippen molar-refractivity contribution in [2.75, 3.05) is 13.2 Å². The van der Waals surface area contributed by atoms with Gasteiger partial charge in [0.15, 0.2) is 0 Å². The average Bonchev–Trinajstić information content (AvgIpc) is 2.52. The molecule has 1 aliphatic rings. The van der Waals surface area contributed by atoms with Gasteiger partial charge in [-0.25, -0.2) is 4.57 Å². The largest absolute Gasteiger partial charge is 0.475 e. The second-order valence-corrected chi connectivity index (χ2v) is 5.91. The number of allylic oxidation sites excluding steroid dienone is 1. The van der Waals surface area contributed by atoms with Crippen molar-refractivity contribution in [2.24, 2.45) is 0 Å². The third-order valence-electron chi connectivity index (χ3n) is 1.91. The van der Waals surface area contributed by atoms with E-state index in [2.05, 4.69) is 28.7 Å². The minimum absolute atomic E-state index is 0.130. The molecule has 0 saturated heterocycles. The van der Waals surface area contributed by atoms with Crippen molar-refractivity contribution in [1.29, 1.82) is 0 Å². The monoisotopic (exact) mass is 346 g/mol. The highest BCUT2D eigenvalue weighted by atomic mass is 127. The molecular weight excluding hydrogens is 330 g/mol. The summed E-state index contributed by atoms with van der Waals surface area (Å²) >= 11 is 2.19. The summed E-state index contributed by atoms with van der Waals surface area (Å²) in [5, 5.41) is 0. The number of halogens is 1. The van der Waals surface area contributed by atoms with Gasteiger partial charge in [-0.15, -0.1) is 0 Å². The predicted molar refractivity (Wildman–Crippen MR) is 67.1 cm³/mol. The van der Waals surface area contributed by atoms with E-state index in [1.54, 1.807) is 13.8 Å². The van der Waals surface area contributed by atoms with E-state index in [0.29, 0.717) is 13.2 Å². The van der Waals surface area contributed by atoms with Crippen LogP contribution < -0.4 is 0 Å². The first-order valence-electron chi connectivity index (χ1n) is 5.04. The van der Waals surface area contributed by atoms with E-state index in [1.807, 2.05) is 0 Å². The Kier molecular flexibility index (Phi) is 5.77. The van der Waals surface area contributed by atoms with Gasteiger partial charge in [0.05, 0.1) is 13.2 Å². The van der Waals surface area contributed by atoms with E-state index in [9.17, 15) is 4.57 Å². The summed E-state index contributed by atoms with van der Waals surface area (Å²) in [5.41, 5.74) is 0. The lowest BCUT2D eigenvalue weighted by Gasteiger charge is -2.20. The number of hydrogen-bond donors (Lipinski definition) is 0. The Bertz CT molecular complexity index is 269. The summed E-state index contributed by atoms with van der Waals surface area (Å²) < 4.78 is 28.6. The maximum atomic E-state index is 12.0. The van der Waals surface area contributed by atoms with Crippen LogP contribution in [-0.2, 0) is 18.1 Å². The van der Waals surface area contributed by atoms with Crippen LogP contribution in [0.4, 0.5) is 0 Å². The number of rotatable bonds is 6. The first-order chi connectivity index (χ1) is 7.11. The third-order valence-corrected chi connectivity index (χ3v) is 4.70. The number of phosphoric acid groups is 1.